The molecule has 0 aromatic heterocycles. The second-order valence-electron chi connectivity index (χ2n) is 6.67. The summed E-state index contributed by atoms with van der Waals surface area (Å²) < 4.78 is 16.7. The number of methoxy groups -OCH3 is 2. The molecular weight excluding hydrogens is 336 g/mol. The number of hydrogen-bond acceptors (Lipinski definition) is 3. The van der Waals surface area contributed by atoms with Crippen LogP contribution in [0.2, 0.25) is 0 Å². The number of rotatable bonds is 7. The molecule has 0 heterocycles. The zero-order valence-corrected chi connectivity index (χ0v) is 16.4. The Morgan fingerprint density at radius 3 is 2.07 bits per heavy atom. The van der Waals surface area contributed by atoms with Gasteiger partial charge in [-0.1, -0.05) is 55.0 Å². The highest BCUT2D eigenvalue weighted by Gasteiger charge is 2.14. The molecular formula is C24H26O3. The molecule has 1 unspecified atom stereocenters. The largest absolute Gasteiger partial charge is 0.497 e. The Kier molecular flexibility index (Phi) is 6.02. The van der Waals surface area contributed by atoms with Crippen molar-refractivity contribution in [2.24, 2.45) is 0 Å². The van der Waals surface area contributed by atoms with Crippen LogP contribution in [0.25, 0.3) is 0 Å². The molecule has 0 aliphatic heterocycles. The molecule has 3 aromatic carbocycles. The van der Waals surface area contributed by atoms with Crippen LogP contribution in [0.5, 0.6) is 17.2 Å². The van der Waals surface area contributed by atoms with E-state index in [0.717, 1.165) is 22.8 Å². The molecule has 0 fully saturated rings. The summed E-state index contributed by atoms with van der Waals surface area (Å²) in [6.45, 7) is 4.83. The summed E-state index contributed by atoms with van der Waals surface area (Å²) in [7, 11) is 3.35. The van der Waals surface area contributed by atoms with E-state index in [0.29, 0.717) is 6.61 Å². The molecule has 27 heavy (non-hydrogen) atoms. The van der Waals surface area contributed by atoms with Crippen LogP contribution in [-0.4, -0.2) is 14.2 Å². The fraction of sp³-hybridized carbons (Fsp3) is 0.250. The third kappa shape index (κ3) is 4.62. The monoisotopic (exact) mass is 362 g/mol. The van der Waals surface area contributed by atoms with Crippen molar-refractivity contribution >= 4 is 0 Å². The van der Waals surface area contributed by atoms with Crippen molar-refractivity contribution < 1.29 is 14.2 Å². The van der Waals surface area contributed by atoms with Crippen molar-refractivity contribution in [3.8, 4) is 17.2 Å². The van der Waals surface area contributed by atoms with Gasteiger partial charge in [-0.25, -0.2) is 0 Å². The Morgan fingerprint density at radius 2 is 1.44 bits per heavy atom. The van der Waals surface area contributed by atoms with E-state index in [-0.39, 0.29) is 5.92 Å². The van der Waals surface area contributed by atoms with Crippen LogP contribution in [0.3, 0.4) is 0 Å². The minimum absolute atomic E-state index is 0.206. The molecule has 3 nitrogen and oxygen atoms in total. The first kappa shape index (κ1) is 18.8. The van der Waals surface area contributed by atoms with E-state index in [1.165, 1.54) is 16.7 Å². The number of aryl methyl sites for hydroxylation is 1. The topological polar surface area (TPSA) is 27.7 Å². The van der Waals surface area contributed by atoms with Gasteiger partial charge in [-0.2, -0.15) is 0 Å². The zero-order chi connectivity index (χ0) is 19.2. The maximum absolute atomic E-state index is 5.91. The summed E-state index contributed by atoms with van der Waals surface area (Å²) in [5.74, 6) is 2.70. The van der Waals surface area contributed by atoms with Gasteiger partial charge in [-0.05, 0) is 36.2 Å². The van der Waals surface area contributed by atoms with E-state index in [4.69, 9.17) is 14.2 Å². The first-order valence-corrected chi connectivity index (χ1v) is 9.11. The molecule has 0 bridgehead atoms. The van der Waals surface area contributed by atoms with Gasteiger partial charge in [0.1, 0.15) is 23.9 Å². The van der Waals surface area contributed by atoms with Crippen LogP contribution in [0.1, 0.15) is 35.1 Å². The van der Waals surface area contributed by atoms with Crippen molar-refractivity contribution in [3.05, 3.63) is 89.0 Å². The van der Waals surface area contributed by atoms with Crippen molar-refractivity contribution in [1.29, 1.82) is 0 Å². The lowest BCUT2D eigenvalue weighted by atomic mass is 9.92. The Hall–Kier alpha value is -2.94. The molecule has 0 saturated heterocycles. The molecule has 3 heteroatoms. The lowest BCUT2D eigenvalue weighted by Gasteiger charge is -2.17. The Labute approximate surface area is 161 Å². The van der Waals surface area contributed by atoms with E-state index in [1.807, 2.05) is 24.3 Å². The fourth-order valence-corrected chi connectivity index (χ4v) is 3.06. The molecule has 1 atom stereocenters. The zero-order valence-electron chi connectivity index (χ0n) is 16.4. The average molecular weight is 362 g/mol. The maximum atomic E-state index is 5.91. The molecule has 0 aliphatic carbocycles. The third-order valence-corrected chi connectivity index (χ3v) is 4.81. The fourth-order valence-electron chi connectivity index (χ4n) is 3.06. The smallest absolute Gasteiger partial charge is 0.126 e. The van der Waals surface area contributed by atoms with Gasteiger partial charge in [0.25, 0.3) is 0 Å². The summed E-state index contributed by atoms with van der Waals surface area (Å²) in [6, 6.07) is 22.6. The van der Waals surface area contributed by atoms with Crippen LogP contribution in [-0.2, 0) is 6.61 Å². The molecule has 0 aliphatic rings. The third-order valence-electron chi connectivity index (χ3n) is 4.81. The summed E-state index contributed by atoms with van der Waals surface area (Å²) in [4.78, 5) is 0. The van der Waals surface area contributed by atoms with E-state index < -0.39 is 0 Å². The minimum Gasteiger partial charge on any atom is -0.497 e. The van der Waals surface area contributed by atoms with Gasteiger partial charge in [0.2, 0.25) is 0 Å². The van der Waals surface area contributed by atoms with E-state index in [2.05, 4.69) is 56.3 Å². The normalized spacial score (nSPS) is 11.7. The first-order chi connectivity index (χ1) is 13.1. The predicted molar refractivity (Wildman–Crippen MR) is 109 cm³/mol. The highest BCUT2D eigenvalue weighted by molar-refractivity contribution is 5.46. The molecule has 140 valence electrons. The standard InChI is InChI=1S/C24H26O3/c1-17-5-7-19(8-6-17)16-27-21-11-9-20(10-12-21)18(2)23-14-13-22(25-3)15-24(23)26-4/h5-15,18H,16H2,1-4H3. The highest BCUT2D eigenvalue weighted by atomic mass is 16.5. The van der Waals surface area contributed by atoms with E-state index >= 15 is 0 Å². The number of hydrogen-bond donors (Lipinski definition) is 0. The lowest BCUT2D eigenvalue weighted by Crippen LogP contribution is -2.01. The van der Waals surface area contributed by atoms with Gasteiger partial charge in [0.05, 0.1) is 14.2 Å². The van der Waals surface area contributed by atoms with Crippen molar-refractivity contribution in [2.45, 2.75) is 26.4 Å². The van der Waals surface area contributed by atoms with Gasteiger partial charge in [-0.15, -0.1) is 0 Å². The van der Waals surface area contributed by atoms with E-state index in [1.54, 1.807) is 14.2 Å². The van der Waals surface area contributed by atoms with Crippen LogP contribution in [0, 0.1) is 6.92 Å². The number of benzene rings is 3. The first-order valence-electron chi connectivity index (χ1n) is 9.11. The SMILES string of the molecule is COc1ccc(C(C)c2ccc(OCc3ccc(C)cc3)cc2)c(OC)c1. The Bertz CT molecular complexity index is 867. The van der Waals surface area contributed by atoms with Gasteiger partial charge < -0.3 is 14.2 Å². The molecule has 3 rings (SSSR count). The molecule has 0 spiro atoms. The van der Waals surface area contributed by atoms with Crippen molar-refractivity contribution in [3.63, 3.8) is 0 Å². The summed E-state index contributed by atoms with van der Waals surface area (Å²) >= 11 is 0. The Morgan fingerprint density at radius 1 is 0.778 bits per heavy atom. The molecule has 0 radical (unpaired) electrons. The summed E-state index contributed by atoms with van der Waals surface area (Å²) in [6.07, 6.45) is 0. The molecule has 0 amide bonds. The lowest BCUT2D eigenvalue weighted by molar-refractivity contribution is 0.306. The average Bonchev–Trinajstić information content (AvgIpc) is 2.72. The predicted octanol–water partition coefficient (Wildman–Crippen LogP) is 5.74. The van der Waals surface area contributed by atoms with E-state index in [9.17, 15) is 0 Å². The second kappa shape index (κ2) is 8.63. The van der Waals surface area contributed by atoms with Crippen LogP contribution in [0.4, 0.5) is 0 Å². The van der Waals surface area contributed by atoms with Crippen LogP contribution < -0.4 is 14.2 Å². The van der Waals surface area contributed by atoms with Crippen molar-refractivity contribution in [2.75, 3.05) is 14.2 Å². The Balaban J connectivity index is 1.70. The highest BCUT2D eigenvalue weighted by Crippen LogP contribution is 2.34. The minimum atomic E-state index is 0.206. The van der Waals surface area contributed by atoms with Gasteiger partial charge in [-0.3, -0.25) is 0 Å². The van der Waals surface area contributed by atoms with Crippen LogP contribution >= 0.6 is 0 Å². The quantitative estimate of drug-likeness (QED) is 0.536. The summed E-state index contributed by atoms with van der Waals surface area (Å²) in [5, 5.41) is 0. The molecule has 0 N–H and O–H groups in total. The van der Waals surface area contributed by atoms with Crippen LogP contribution in [0.15, 0.2) is 66.7 Å². The molecule has 0 saturated carbocycles. The molecule has 3 aromatic rings. The summed E-state index contributed by atoms with van der Waals surface area (Å²) in [5.41, 5.74) is 4.76. The van der Waals surface area contributed by atoms with Gasteiger partial charge >= 0.3 is 0 Å². The second-order valence-corrected chi connectivity index (χ2v) is 6.67. The van der Waals surface area contributed by atoms with Gasteiger partial charge in [0, 0.05) is 17.5 Å². The maximum Gasteiger partial charge on any atom is 0.126 e. The van der Waals surface area contributed by atoms with Gasteiger partial charge in [0.15, 0.2) is 0 Å². The number of ether oxygens (including phenoxy) is 3. The van der Waals surface area contributed by atoms with Crippen molar-refractivity contribution in [1.82, 2.24) is 0 Å².